The standard InChI is InChI=1S/C17H12F3N5O3S/c18-10-3-1-9(2-4-10)15-23-24-16(25(15)21)29-8-14(26)22-11-5-6-12-13(7-11)28-17(19,20)27-12/h1-7H,8,21H2,(H,22,26). The Balaban J connectivity index is 1.38. The summed E-state index contributed by atoms with van der Waals surface area (Å²) in [5, 5.41) is 10.7. The van der Waals surface area contributed by atoms with Crippen LogP contribution in [0.4, 0.5) is 18.9 Å². The molecule has 8 nitrogen and oxygen atoms in total. The number of carbonyl (C=O) groups is 1. The van der Waals surface area contributed by atoms with E-state index in [2.05, 4.69) is 25.0 Å². The van der Waals surface area contributed by atoms with Crippen molar-refractivity contribution in [2.24, 2.45) is 0 Å². The van der Waals surface area contributed by atoms with E-state index in [4.69, 9.17) is 5.84 Å². The first-order valence-electron chi connectivity index (χ1n) is 8.10. The number of fused-ring (bicyclic) bond motifs is 1. The maximum atomic E-state index is 13.0. The lowest BCUT2D eigenvalue weighted by Crippen LogP contribution is -2.25. The minimum Gasteiger partial charge on any atom is -0.395 e. The van der Waals surface area contributed by atoms with Crippen LogP contribution in [0.3, 0.4) is 0 Å². The van der Waals surface area contributed by atoms with Crippen LogP contribution < -0.4 is 20.6 Å². The van der Waals surface area contributed by atoms with Gasteiger partial charge in [0.05, 0.1) is 5.75 Å². The molecule has 4 rings (SSSR count). The molecule has 0 saturated carbocycles. The van der Waals surface area contributed by atoms with Crippen LogP contribution in [0.2, 0.25) is 0 Å². The zero-order valence-corrected chi connectivity index (χ0v) is 15.3. The number of nitrogen functional groups attached to an aromatic ring is 1. The van der Waals surface area contributed by atoms with Crippen LogP contribution in [0, 0.1) is 5.82 Å². The number of amides is 1. The summed E-state index contributed by atoms with van der Waals surface area (Å²) in [6.07, 6.45) is -3.73. The SMILES string of the molecule is Nn1c(SCC(=O)Nc2ccc3c(c2)OC(F)(F)O3)nnc1-c1ccc(F)cc1. The topological polar surface area (TPSA) is 104 Å². The fourth-order valence-electron chi connectivity index (χ4n) is 2.53. The second-order valence-corrected chi connectivity index (χ2v) is 6.79. The Morgan fingerprint density at radius 3 is 2.62 bits per heavy atom. The monoisotopic (exact) mass is 423 g/mol. The number of thioether (sulfide) groups is 1. The molecule has 3 N–H and O–H groups in total. The predicted octanol–water partition coefficient (Wildman–Crippen LogP) is 2.85. The molecule has 29 heavy (non-hydrogen) atoms. The fraction of sp³-hybridized carbons (Fsp3) is 0.118. The van der Waals surface area contributed by atoms with Gasteiger partial charge in [0, 0.05) is 17.3 Å². The number of carbonyl (C=O) groups excluding carboxylic acids is 1. The van der Waals surface area contributed by atoms with Crippen molar-refractivity contribution in [3.8, 4) is 22.9 Å². The average Bonchev–Trinajstić information content (AvgIpc) is 3.18. The van der Waals surface area contributed by atoms with Crippen LogP contribution in [0.25, 0.3) is 11.4 Å². The van der Waals surface area contributed by atoms with E-state index in [1.54, 1.807) is 0 Å². The fourth-order valence-corrected chi connectivity index (χ4v) is 3.18. The van der Waals surface area contributed by atoms with Crippen molar-refractivity contribution < 1.29 is 27.4 Å². The van der Waals surface area contributed by atoms with E-state index in [0.717, 1.165) is 11.8 Å². The third-order valence-corrected chi connectivity index (χ3v) is 4.73. The molecule has 0 saturated heterocycles. The molecule has 1 amide bonds. The van der Waals surface area contributed by atoms with Gasteiger partial charge in [0.1, 0.15) is 5.82 Å². The first kappa shape index (κ1) is 18.9. The molecule has 1 aliphatic heterocycles. The highest BCUT2D eigenvalue weighted by Crippen LogP contribution is 2.42. The number of ether oxygens (including phenoxy) is 2. The van der Waals surface area contributed by atoms with Gasteiger partial charge in [0.15, 0.2) is 17.3 Å². The largest absolute Gasteiger partial charge is 0.586 e. The van der Waals surface area contributed by atoms with Crippen LogP contribution in [0.1, 0.15) is 0 Å². The molecule has 0 aliphatic carbocycles. The predicted molar refractivity (Wildman–Crippen MR) is 97.6 cm³/mol. The summed E-state index contributed by atoms with van der Waals surface area (Å²) in [7, 11) is 0. The molecule has 0 bridgehead atoms. The zero-order chi connectivity index (χ0) is 20.6. The van der Waals surface area contributed by atoms with E-state index in [-0.39, 0.29) is 28.1 Å². The van der Waals surface area contributed by atoms with Crippen molar-refractivity contribution in [1.29, 1.82) is 0 Å². The molecule has 12 heteroatoms. The molecule has 0 atom stereocenters. The van der Waals surface area contributed by atoms with E-state index in [1.807, 2.05) is 0 Å². The quantitative estimate of drug-likeness (QED) is 0.480. The number of hydrogen-bond donors (Lipinski definition) is 2. The second kappa shape index (κ2) is 7.20. The molecule has 0 spiro atoms. The molecule has 150 valence electrons. The van der Waals surface area contributed by atoms with Gasteiger partial charge >= 0.3 is 6.29 Å². The third-order valence-electron chi connectivity index (χ3n) is 3.78. The lowest BCUT2D eigenvalue weighted by molar-refractivity contribution is -0.286. The summed E-state index contributed by atoms with van der Waals surface area (Å²) in [4.78, 5) is 12.1. The van der Waals surface area contributed by atoms with Gasteiger partial charge in [-0.1, -0.05) is 11.8 Å². The van der Waals surface area contributed by atoms with E-state index < -0.39 is 18.0 Å². The molecule has 2 aromatic carbocycles. The number of benzene rings is 2. The van der Waals surface area contributed by atoms with E-state index in [9.17, 15) is 18.0 Å². The van der Waals surface area contributed by atoms with Gasteiger partial charge in [-0.2, -0.15) is 0 Å². The van der Waals surface area contributed by atoms with Gasteiger partial charge in [-0.15, -0.1) is 19.0 Å². The Bertz CT molecular complexity index is 1070. The third kappa shape index (κ3) is 4.06. The second-order valence-electron chi connectivity index (χ2n) is 5.85. The highest BCUT2D eigenvalue weighted by Gasteiger charge is 2.43. The normalized spacial score (nSPS) is 14.0. The number of hydrogen-bond acceptors (Lipinski definition) is 7. The van der Waals surface area contributed by atoms with E-state index in [0.29, 0.717) is 11.4 Å². The highest BCUT2D eigenvalue weighted by molar-refractivity contribution is 7.99. The van der Waals surface area contributed by atoms with Gasteiger partial charge in [-0.05, 0) is 36.4 Å². The molecular weight excluding hydrogens is 411 g/mol. The van der Waals surface area contributed by atoms with Crippen LogP contribution >= 0.6 is 11.8 Å². The Hall–Kier alpha value is -3.41. The van der Waals surface area contributed by atoms with Crippen molar-refractivity contribution in [3.05, 3.63) is 48.3 Å². The van der Waals surface area contributed by atoms with E-state index in [1.165, 1.54) is 47.1 Å². The summed E-state index contributed by atoms with van der Waals surface area (Å²) in [5.74, 6) is 5.08. The van der Waals surface area contributed by atoms with Gasteiger partial charge in [-0.25, -0.2) is 9.07 Å². The number of aromatic nitrogens is 3. The molecular formula is C17H12F3N5O3S. The lowest BCUT2D eigenvalue weighted by atomic mass is 10.2. The van der Waals surface area contributed by atoms with Gasteiger partial charge in [0.2, 0.25) is 11.1 Å². The van der Waals surface area contributed by atoms with Crippen molar-refractivity contribution in [2.45, 2.75) is 11.5 Å². The Kier molecular flexibility index (Phi) is 4.70. The Morgan fingerprint density at radius 2 is 1.86 bits per heavy atom. The number of rotatable bonds is 5. The molecule has 1 aliphatic rings. The first-order valence-corrected chi connectivity index (χ1v) is 9.08. The maximum absolute atomic E-state index is 13.0. The molecule has 0 unspecified atom stereocenters. The number of alkyl halides is 2. The summed E-state index contributed by atoms with van der Waals surface area (Å²) in [6.45, 7) is 0. The lowest BCUT2D eigenvalue weighted by Gasteiger charge is -2.06. The molecule has 2 heterocycles. The first-order chi connectivity index (χ1) is 13.8. The number of nitrogens with one attached hydrogen (secondary N) is 1. The Morgan fingerprint density at radius 1 is 1.14 bits per heavy atom. The maximum Gasteiger partial charge on any atom is 0.586 e. The van der Waals surface area contributed by atoms with Crippen molar-refractivity contribution in [1.82, 2.24) is 14.9 Å². The number of nitrogens with two attached hydrogens (primary N) is 1. The summed E-state index contributed by atoms with van der Waals surface area (Å²) in [5.41, 5.74) is 0.826. The molecule has 0 radical (unpaired) electrons. The smallest absolute Gasteiger partial charge is 0.395 e. The van der Waals surface area contributed by atoms with Crippen LogP contribution in [0.15, 0.2) is 47.6 Å². The molecule has 1 aromatic heterocycles. The number of halogens is 3. The minimum atomic E-state index is -3.73. The van der Waals surface area contributed by atoms with Gasteiger partial charge in [-0.3, -0.25) is 4.79 Å². The van der Waals surface area contributed by atoms with Gasteiger partial charge < -0.3 is 20.6 Å². The summed E-state index contributed by atoms with van der Waals surface area (Å²) < 4.78 is 48.9. The van der Waals surface area contributed by atoms with E-state index >= 15 is 0 Å². The summed E-state index contributed by atoms with van der Waals surface area (Å²) >= 11 is 1.02. The van der Waals surface area contributed by atoms with Crippen LogP contribution in [0.5, 0.6) is 11.5 Å². The van der Waals surface area contributed by atoms with Crippen molar-refractivity contribution >= 4 is 23.4 Å². The van der Waals surface area contributed by atoms with Gasteiger partial charge in [0.25, 0.3) is 0 Å². The molecule has 0 fully saturated rings. The minimum absolute atomic E-state index is 0.0661. The average molecular weight is 423 g/mol. The number of nitrogens with zero attached hydrogens (tertiary/aromatic N) is 3. The number of anilines is 1. The van der Waals surface area contributed by atoms with Crippen LogP contribution in [-0.4, -0.2) is 32.8 Å². The van der Waals surface area contributed by atoms with Crippen molar-refractivity contribution in [2.75, 3.05) is 16.9 Å². The zero-order valence-electron chi connectivity index (χ0n) is 14.4. The Labute approximate surface area is 165 Å². The summed E-state index contributed by atoms with van der Waals surface area (Å²) in [6, 6.07) is 9.46. The molecule has 3 aromatic rings. The highest BCUT2D eigenvalue weighted by atomic mass is 32.2. The van der Waals surface area contributed by atoms with Crippen LogP contribution in [-0.2, 0) is 4.79 Å². The van der Waals surface area contributed by atoms with Crippen molar-refractivity contribution in [3.63, 3.8) is 0 Å².